The average molecular weight is 321 g/mol. The third-order valence-corrected chi connectivity index (χ3v) is 3.55. The minimum Gasteiger partial charge on any atom is -0.329 e. The molecule has 0 aliphatic rings. The fraction of sp³-hybridized carbons (Fsp3) is 0.211. The second-order valence-electron chi connectivity index (χ2n) is 5.60. The smallest absolute Gasteiger partial charge is 0.244 e. The molecular formula is C19H19N3O2. The van der Waals surface area contributed by atoms with Crippen LogP contribution in [-0.4, -0.2) is 23.3 Å². The summed E-state index contributed by atoms with van der Waals surface area (Å²) in [5.41, 5.74) is 3.12. The molecule has 0 aliphatic carbocycles. The molecule has 0 fully saturated rings. The van der Waals surface area contributed by atoms with Gasteiger partial charge in [-0.2, -0.15) is 5.26 Å². The molecule has 1 N–H and O–H groups in total. The van der Waals surface area contributed by atoms with Crippen LogP contribution in [0.5, 0.6) is 0 Å². The number of nitrogens with one attached hydrogen (secondary N) is 1. The topological polar surface area (TPSA) is 73.2 Å². The first kappa shape index (κ1) is 17.2. The van der Waals surface area contributed by atoms with E-state index in [1.54, 1.807) is 24.3 Å². The molecular weight excluding hydrogens is 302 g/mol. The molecule has 5 heteroatoms. The van der Waals surface area contributed by atoms with E-state index in [4.69, 9.17) is 5.26 Å². The molecule has 2 aromatic carbocycles. The molecule has 0 bridgehead atoms. The lowest BCUT2D eigenvalue weighted by molar-refractivity contribution is -0.133. The maximum absolute atomic E-state index is 12.2. The number of carbonyl (C=O) groups excluding carboxylic acids is 2. The first-order chi connectivity index (χ1) is 11.5. The Balaban J connectivity index is 2.01. The van der Waals surface area contributed by atoms with Crippen LogP contribution in [0, 0.1) is 18.3 Å². The van der Waals surface area contributed by atoms with E-state index in [0.717, 1.165) is 11.1 Å². The Morgan fingerprint density at radius 1 is 1.17 bits per heavy atom. The molecule has 0 aliphatic heterocycles. The number of benzene rings is 2. The summed E-state index contributed by atoms with van der Waals surface area (Å²) in [7, 11) is 0. The largest absolute Gasteiger partial charge is 0.329 e. The van der Waals surface area contributed by atoms with Gasteiger partial charge in [0.25, 0.3) is 0 Å². The Labute approximate surface area is 141 Å². The summed E-state index contributed by atoms with van der Waals surface area (Å²) in [5, 5.41) is 11.6. The fourth-order valence-corrected chi connectivity index (χ4v) is 2.23. The van der Waals surface area contributed by atoms with Gasteiger partial charge in [-0.25, -0.2) is 0 Å². The SMILES string of the molecule is CC(=O)N(CC(=O)Nc1cccc(C#N)c1)Cc1ccc(C)cc1. The monoisotopic (exact) mass is 321 g/mol. The summed E-state index contributed by atoms with van der Waals surface area (Å²) >= 11 is 0. The van der Waals surface area contributed by atoms with Gasteiger partial charge in [-0.15, -0.1) is 0 Å². The minimum atomic E-state index is -0.299. The quantitative estimate of drug-likeness (QED) is 0.920. The number of nitrogens with zero attached hydrogens (tertiary/aromatic N) is 2. The highest BCUT2D eigenvalue weighted by atomic mass is 16.2. The van der Waals surface area contributed by atoms with E-state index in [2.05, 4.69) is 5.32 Å². The zero-order chi connectivity index (χ0) is 17.5. The predicted molar refractivity (Wildman–Crippen MR) is 92.1 cm³/mol. The van der Waals surface area contributed by atoms with Gasteiger partial charge in [0.05, 0.1) is 11.6 Å². The predicted octanol–water partition coefficient (Wildman–Crippen LogP) is 2.85. The molecule has 0 saturated carbocycles. The summed E-state index contributed by atoms with van der Waals surface area (Å²) in [6.45, 7) is 3.77. The number of nitriles is 1. The molecule has 0 unspecified atom stereocenters. The van der Waals surface area contributed by atoms with Crippen molar-refractivity contribution in [2.24, 2.45) is 0 Å². The van der Waals surface area contributed by atoms with Crippen molar-refractivity contribution in [3.63, 3.8) is 0 Å². The molecule has 0 atom stereocenters. The van der Waals surface area contributed by atoms with E-state index in [1.165, 1.54) is 11.8 Å². The number of hydrogen-bond donors (Lipinski definition) is 1. The van der Waals surface area contributed by atoms with Gasteiger partial charge in [0.15, 0.2) is 0 Å². The van der Waals surface area contributed by atoms with Crippen LogP contribution in [0.3, 0.4) is 0 Å². The number of hydrogen-bond acceptors (Lipinski definition) is 3. The van der Waals surface area contributed by atoms with Crippen LogP contribution in [0.15, 0.2) is 48.5 Å². The van der Waals surface area contributed by atoms with Gasteiger partial charge in [-0.05, 0) is 30.7 Å². The van der Waals surface area contributed by atoms with Crippen LogP contribution in [0.25, 0.3) is 0 Å². The number of anilines is 1. The maximum atomic E-state index is 12.2. The van der Waals surface area contributed by atoms with E-state index >= 15 is 0 Å². The lowest BCUT2D eigenvalue weighted by Crippen LogP contribution is -2.36. The maximum Gasteiger partial charge on any atom is 0.244 e. The van der Waals surface area contributed by atoms with Crippen molar-refractivity contribution in [3.05, 3.63) is 65.2 Å². The first-order valence-corrected chi connectivity index (χ1v) is 7.59. The van der Waals surface area contributed by atoms with Crippen molar-refractivity contribution in [1.29, 1.82) is 5.26 Å². The number of amides is 2. The normalized spacial score (nSPS) is 9.88. The van der Waals surface area contributed by atoms with Crippen molar-refractivity contribution in [1.82, 2.24) is 4.90 Å². The number of aryl methyl sites for hydroxylation is 1. The van der Waals surface area contributed by atoms with E-state index in [9.17, 15) is 9.59 Å². The molecule has 0 spiro atoms. The van der Waals surface area contributed by atoms with Gasteiger partial charge in [-0.1, -0.05) is 35.9 Å². The molecule has 122 valence electrons. The average Bonchev–Trinajstić information content (AvgIpc) is 2.56. The van der Waals surface area contributed by atoms with Gasteiger partial charge in [-0.3, -0.25) is 9.59 Å². The Morgan fingerprint density at radius 2 is 1.88 bits per heavy atom. The molecule has 0 aromatic heterocycles. The molecule has 24 heavy (non-hydrogen) atoms. The summed E-state index contributed by atoms with van der Waals surface area (Å²) < 4.78 is 0. The third kappa shape index (κ3) is 4.96. The Bertz CT molecular complexity index is 776. The highest BCUT2D eigenvalue weighted by Crippen LogP contribution is 2.11. The van der Waals surface area contributed by atoms with Crippen molar-refractivity contribution in [2.45, 2.75) is 20.4 Å². The molecule has 0 heterocycles. The van der Waals surface area contributed by atoms with Crippen molar-refractivity contribution in [2.75, 3.05) is 11.9 Å². The molecule has 5 nitrogen and oxygen atoms in total. The van der Waals surface area contributed by atoms with Crippen LogP contribution in [0.2, 0.25) is 0 Å². The van der Waals surface area contributed by atoms with Crippen molar-refractivity contribution >= 4 is 17.5 Å². The van der Waals surface area contributed by atoms with E-state index in [-0.39, 0.29) is 18.4 Å². The summed E-state index contributed by atoms with van der Waals surface area (Å²) in [6, 6.07) is 16.5. The first-order valence-electron chi connectivity index (χ1n) is 7.59. The lowest BCUT2D eigenvalue weighted by Gasteiger charge is -2.20. The van der Waals surface area contributed by atoms with Crippen molar-refractivity contribution in [3.8, 4) is 6.07 Å². The molecule has 2 aromatic rings. The number of rotatable bonds is 5. The standard InChI is InChI=1S/C19H19N3O2/c1-14-6-8-16(9-7-14)12-22(15(2)23)13-19(24)21-18-5-3-4-17(10-18)11-20/h3-10H,12-13H2,1-2H3,(H,21,24). The van der Waals surface area contributed by atoms with Crippen LogP contribution in [0.1, 0.15) is 23.6 Å². The summed E-state index contributed by atoms with van der Waals surface area (Å²) in [5.74, 6) is -0.469. The van der Waals surface area contributed by atoms with Crippen LogP contribution < -0.4 is 5.32 Å². The Kier molecular flexibility index (Phi) is 5.69. The molecule has 0 radical (unpaired) electrons. The zero-order valence-electron chi connectivity index (χ0n) is 13.7. The second kappa shape index (κ2) is 7.93. The highest BCUT2D eigenvalue weighted by molar-refractivity contribution is 5.94. The highest BCUT2D eigenvalue weighted by Gasteiger charge is 2.14. The van der Waals surface area contributed by atoms with Gasteiger partial charge in [0, 0.05) is 19.2 Å². The second-order valence-corrected chi connectivity index (χ2v) is 5.60. The van der Waals surface area contributed by atoms with Crippen LogP contribution in [0.4, 0.5) is 5.69 Å². The van der Waals surface area contributed by atoms with E-state index in [0.29, 0.717) is 17.8 Å². The van der Waals surface area contributed by atoms with Gasteiger partial charge < -0.3 is 10.2 Å². The zero-order valence-corrected chi connectivity index (χ0v) is 13.7. The lowest BCUT2D eigenvalue weighted by atomic mass is 10.1. The third-order valence-electron chi connectivity index (χ3n) is 3.55. The van der Waals surface area contributed by atoms with Gasteiger partial charge in [0.1, 0.15) is 6.54 Å². The summed E-state index contributed by atoms with van der Waals surface area (Å²) in [4.78, 5) is 25.5. The molecule has 2 rings (SSSR count). The Hall–Kier alpha value is -3.13. The van der Waals surface area contributed by atoms with Crippen LogP contribution in [-0.2, 0) is 16.1 Å². The van der Waals surface area contributed by atoms with E-state index in [1.807, 2.05) is 37.3 Å². The minimum absolute atomic E-state index is 0.0417. The van der Waals surface area contributed by atoms with Gasteiger partial charge in [0.2, 0.25) is 11.8 Å². The number of carbonyl (C=O) groups is 2. The van der Waals surface area contributed by atoms with Gasteiger partial charge >= 0.3 is 0 Å². The van der Waals surface area contributed by atoms with Crippen LogP contribution >= 0.6 is 0 Å². The molecule has 0 saturated heterocycles. The molecule has 2 amide bonds. The Morgan fingerprint density at radius 3 is 2.50 bits per heavy atom. The van der Waals surface area contributed by atoms with Crippen molar-refractivity contribution < 1.29 is 9.59 Å². The fourth-order valence-electron chi connectivity index (χ4n) is 2.23. The summed E-state index contributed by atoms with van der Waals surface area (Å²) in [6.07, 6.45) is 0. The van der Waals surface area contributed by atoms with E-state index < -0.39 is 0 Å².